The summed E-state index contributed by atoms with van der Waals surface area (Å²) < 4.78 is 5.40. The summed E-state index contributed by atoms with van der Waals surface area (Å²) in [4.78, 5) is 24.8. The molecule has 1 aromatic rings. The van der Waals surface area contributed by atoms with Gasteiger partial charge in [-0.25, -0.2) is 0 Å². The lowest BCUT2D eigenvalue weighted by molar-refractivity contribution is -0.131. The fraction of sp³-hybridized carbons (Fsp3) is 0.556. The molecule has 5 nitrogen and oxygen atoms in total. The Kier molecular flexibility index (Phi) is 4.55. The van der Waals surface area contributed by atoms with E-state index < -0.39 is 5.54 Å². The molecule has 0 unspecified atom stereocenters. The van der Waals surface area contributed by atoms with Crippen LogP contribution in [0.15, 0.2) is 22.6 Å². The maximum atomic E-state index is 12.5. The van der Waals surface area contributed by atoms with Gasteiger partial charge in [0.2, 0.25) is 11.8 Å². The molecule has 1 aromatic heterocycles. The third-order valence-corrected chi connectivity index (χ3v) is 4.66. The molecular formula is C18H24N2O3. The number of amides is 2. The first-order valence-electron chi connectivity index (χ1n) is 8.42. The topological polar surface area (TPSA) is 71.3 Å². The van der Waals surface area contributed by atoms with Gasteiger partial charge < -0.3 is 15.1 Å². The monoisotopic (exact) mass is 316 g/mol. The zero-order chi connectivity index (χ0) is 16.3. The zero-order valence-corrected chi connectivity index (χ0v) is 13.6. The fourth-order valence-corrected chi connectivity index (χ4v) is 3.09. The van der Waals surface area contributed by atoms with Crippen molar-refractivity contribution in [3.63, 3.8) is 0 Å². The van der Waals surface area contributed by atoms with Crippen LogP contribution >= 0.6 is 0 Å². The van der Waals surface area contributed by atoms with Crippen molar-refractivity contribution < 1.29 is 14.0 Å². The van der Waals surface area contributed by atoms with Crippen molar-refractivity contribution in [3.05, 3.63) is 29.7 Å². The molecule has 0 bridgehead atoms. The average molecular weight is 316 g/mol. The van der Waals surface area contributed by atoms with Gasteiger partial charge in [-0.05, 0) is 56.7 Å². The van der Waals surface area contributed by atoms with Crippen molar-refractivity contribution in [1.82, 2.24) is 10.6 Å². The lowest BCUT2D eigenvalue weighted by Gasteiger charge is -2.28. The molecule has 0 aromatic carbocycles. The van der Waals surface area contributed by atoms with E-state index in [0.29, 0.717) is 24.5 Å². The van der Waals surface area contributed by atoms with E-state index in [-0.39, 0.29) is 11.8 Å². The molecule has 2 aliphatic carbocycles. The van der Waals surface area contributed by atoms with Crippen molar-refractivity contribution in [3.8, 4) is 0 Å². The second-order valence-electron chi connectivity index (χ2n) is 6.71. The van der Waals surface area contributed by atoms with E-state index >= 15 is 0 Å². The third-order valence-electron chi connectivity index (χ3n) is 4.66. The Bertz CT molecular complexity index is 608. The number of hydrogen-bond acceptors (Lipinski definition) is 3. The van der Waals surface area contributed by atoms with Crippen molar-refractivity contribution in [2.45, 2.75) is 51.0 Å². The van der Waals surface area contributed by atoms with E-state index in [4.69, 9.17) is 4.42 Å². The van der Waals surface area contributed by atoms with Gasteiger partial charge >= 0.3 is 0 Å². The lowest BCUT2D eigenvalue weighted by Crippen LogP contribution is -2.57. The molecule has 1 heterocycles. The summed E-state index contributed by atoms with van der Waals surface area (Å²) >= 11 is 0. The van der Waals surface area contributed by atoms with E-state index in [9.17, 15) is 9.59 Å². The fourth-order valence-electron chi connectivity index (χ4n) is 3.09. The quantitative estimate of drug-likeness (QED) is 0.792. The Morgan fingerprint density at radius 1 is 1.30 bits per heavy atom. The van der Waals surface area contributed by atoms with Gasteiger partial charge in [0.05, 0.1) is 0 Å². The van der Waals surface area contributed by atoms with Gasteiger partial charge in [0.25, 0.3) is 0 Å². The Hall–Kier alpha value is -2.04. The first-order valence-corrected chi connectivity index (χ1v) is 8.42. The summed E-state index contributed by atoms with van der Waals surface area (Å²) in [5, 5.41) is 5.95. The van der Waals surface area contributed by atoms with Crippen LogP contribution in [-0.4, -0.2) is 23.9 Å². The maximum Gasteiger partial charge on any atom is 0.245 e. The lowest BCUT2D eigenvalue weighted by atomic mass is 9.96. The molecular weight excluding hydrogens is 292 g/mol. The SMILES string of the molecule is Cc1ccc(/C=C/C(=O)NC2(C(=O)NCC3CC3)CCCC2)o1. The van der Waals surface area contributed by atoms with Gasteiger partial charge in [0.15, 0.2) is 0 Å². The highest BCUT2D eigenvalue weighted by Crippen LogP contribution is 2.31. The van der Waals surface area contributed by atoms with Crippen LogP contribution in [0, 0.1) is 12.8 Å². The molecule has 5 heteroatoms. The molecule has 2 N–H and O–H groups in total. The highest BCUT2D eigenvalue weighted by Gasteiger charge is 2.42. The summed E-state index contributed by atoms with van der Waals surface area (Å²) in [5.41, 5.74) is -0.741. The van der Waals surface area contributed by atoms with E-state index in [1.807, 2.05) is 19.1 Å². The molecule has 0 spiro atoms. The summed E-state index contributed by atoms with van der Waals surface area (Å²) in [7, 11) is 0. The van der Waals surface area contributed by atoms with Crippen LogP contribution in [0.2, 0.25) is 0 Å². The van der Waals surface area contributed by atoms with E-state index in [0.717, 1.165) is 25.1 Å². The van der Waals surface area contributed by atoms with Crippen molar-refractivity contribution in [2.75, 3.05) is 6.54 Å². The number of aryl methyl sites for hydroxylation is 1. The van der Waals surface area contributed by atoms with Crippen molar-refractivity contribution >= 4 is 17.9 Å². The maximum absolute atomic E-state index is 12.5. The van der Waals surface area contributed by atoms with Crippen LogP contribution in [-0.2, 0) is 9.59 Å². The molecule has 0 radical (unpaired) electrons. The second-order valence-corrected chi connectivity index (χ2v) is 6.71. The highest BCUT2D eigenvalue weighted by atomic mass is 16.3. The van der Waals surface area contributed by atoms with Gasteiger partial charge in [-0.15, -0.1) is 0 Å². The smallest absolute Gasteiger partial charge is 0.245 e. The molecule has 2 amide bonds. The molecule has 2 fully saturated rings. The van der Waals surface area contributed by atoms with E-state index in [1.165, 1.54) is 18.9 Å². The van der Waals surface area contributed by atoms with Gasteiger partial charge in [-0.3, -0.25) is 9.59 Å². The summed E-state index contributed by atoms with van der Waals surface area (Å²) in [6, 6.07) is 3.66. The van der Waals surface area contributed by atoms with Crippen molar-refractivity contribution in [1.29, 1.82) is 0 Å². The Morgan fingerprint density at radius 2 is 2.04 bits per heavy atom. The Labute approximate surface area is 136 Å². The number of furan rings is 1. The molecule has 0 saturated heterocycles. The normalized spacial score (nSPS) is 19.9. The molecule has 2 aliphatic rings. The molecule has 23 heavy (non-hydrogen) atoms. The number of nitrogens with one attached hydrogen (secondary N) is 2. The van der Waals surface area contributed by atoms with Crippen LogP contribution in [0.3, 0.4) is 0 Å². The second kappa shape index (κ2) is 6.60. The molecule has 0 aliphatic heterocycles. The third kappa shape index (κ3) is 4.03. The minimum atomic E-state index is -0.741. The Balaban J connectivity index is 1.60. The number of carbonyl (C=O) groups is 2. The standard InChI is InChI=1S/C18H24N2O3/c1-13-4-7-15(23-13)8-9-16(21)20-18(10-2-3-11-18)17(22)19-12-14-5-6-14/h4,7-9,14H,2-3,5-6,10-12H2,1H3,(H,19,22)(H,20,21)/b9-8+. The summed E-state index contributed by atoms with van der Waals surface area (Å²) in [5.74, 6) is 1.79. The summed E-state index contributed by atoms with van der Waals surface area (Å²) in [6.07, 6.45) is 8.83. The minimum Gasteiger partial charge on any atom is -0.462 e. The van der Waals surface area contributed by atoms with Gasteiger partial charge in [-0.1, -0.05) is 12.8 Å². The minimum absolute atomic E-state index is 0.0301. The van der Waals surface area contributed by atoms with E-state index in [1.54, 1.807) is 6.08 Å². The molecule has 2 saturated carbocycles. The first kappa shape index (κ1) is 15.8. The molecule has 0 atom stereocenters. The predicted octanol–water partition coefficient (Wildman–Crippen LogP) is 2.56. The van der Waals surface area contributed by atoms with Crippen molar-refractivity contribution in [2.24, 2.45) is 5.92 Å². The molecule has 3 rings (SSSR count). The number of rotatable bonds is 6. The van der Waals surface area contributed by atoms with Gasteiger partial charge in [-0.2, -0.15) is 0 Å². The number of hydrogen-bond donors (Lipinski definition) is 2. The van der Waals surface area contributed by atoms with E-state index in [2.05, 4.69) is 10.6 Å². The van der Waals surface area contributed by atoms with Crippen LogP contribution in [0.5, 0.6) is 0 Å². The van der Waals surface area contributed by atoms with Crippen LogP contribution in [0.25, 0.3) is 6.08 Å². The van der Waals surface area contributed by atoms with Crippen LogP contribution in [0.1, 0.15) is 50.0 Å². The van der Waals surface area contributed by atoms with Crippen LogP contribution < -0.4 is 10.6 Å². The van der Waals surface area contributed by atoms with Crippen LogP contribution in [0.4, 0.5) is 0 Å². The van der Waals surface area contributed by atoms with Gasteiger partial charge in [0.1, 0.15) is 17.1 Å². The molecule has 124 valence electrons. The Morgan fingerprint density at radius 3 is 2.65 bits per heavy atom. The van der Waals surface area contributed by atoms with Gasteiger partial charge in [0, 0.05) is 12.6 Å². The summed E-state index contributed by atoms with van der Waals surface area (Å²) in [6.45, 7) is 2.59. The predicted molar refractivity (Wildman–Crippen MR) is 87.6 cm³/mol. The first-order chi connectivity index (χ1) is 11.1. The largest absolute Gasteiger partial charge is 0.462 e. The highest BCUT2D eigenvalue weighted by molar-refractivity contribution is 5.97. The number of carbonyl (C=O) groups excluding carboxylic acids is 2. The zero-order valence-electron chi connectivity index (χ0n) is 13.6. The average Bonchev–Trinajstić information content (AvgIpc) is 3.08.